The molecule has 2 rings (SSSR count). The molecule has 1 heterocycles. The molecule has 8 heteroatoms. The predicted octanol–water partition coefficient (Wildman–Crippen LogP) is 1.05. The van der Waals surface area contributed by atoms with E-state index in [-0.39, 0.29) is 31.6 Å². The second-order valence-corrected chi connectivity index (χ2v) is 6.77. The SMILES string of the molecule is CN(CC(=O)C(CCCOC=O)N1CCNCC1)C(=O)OCc1ccccc1. The first-order valence-corrected chi connectivity index (χ1v) is 9.56. The number of carbonyl (C=O) groups excluding carboxylic acids is 3. The van der Waals surface area contributed by atoms with Gasteiger partial charge in [0.1, 0.15) is 6.61 Å². The van der Waals surface area contributed by atoms with Gasteiger partial charge in [0.05, 0.1) is 19.2 Å². The van der Waals surface area contributed by atoms with Gasteiger partial charge in [-0.3, -0.25) is 14.5 Å². The van der Waals surface area contributed by atoms with Crippen LogP contribution in [0.2, 0.25) is 0 Å². The number of ether oxygens (including phenoxy) is 2. The van der Waals surface area contributed by atoms with Gasteiger partial charge in [0, 0.05) is 33.2 Å². The molecule has 0 saturated carbocycles. The fraction of sp³-hybridized carbons (Fsp3) is 0.550. The van der Waals surface area contributed by atoms with Crippen LogP contribution in [0.1, 0.15) is 18.4 Å². The van der Waals surface area contributed by atoms with Crippen LogP contribution >= 0.6 is 0 Å². The van der Waals surface area contributed by atoms with Crippen LogP contribution in [0.15, 0.2) is 30.3 Å². The van der Waals surface area contributed by atoms with E-state index < -0.39 is 6.09 Å². The van der Waals surface area contributed by atoms with Crippen LogP contribution in [0.5, 0.6) is 0 Å². The van der Waals surface area contributed by atoms with Gasteiger partial charge < -0.3 is 19.7 Å². The maximum atomic E-state index is 12.9. The molecule has 0 bridgehead atoms. The van der Waals surface area contributed by atoms with E-state index in [4.69, 9.17) is 9.47 Å². The van der Waals surface area contributed by atoms with Crippen molar-refractivity contribution in [1.82, 2.24) is 15.1 Å². The molecule has 1 aromatic rings. The van der Waals surface area contributed by atoms with Crippen molar-refractivity contribution in [3.8, 4) is 0 Å². The summed E-state index contributed by atoms with van der Waals surface area (Å²) >= 11 is 0. The average molecular weight is 391 g/mol. The van der Waals surface area contributed by atoms with Crippen molar-refractivity contribution in [2.75, 3.05) is 46.4 Å². The molecule has 1 fully saturated rings. The van der Waals surface area contributed by atoms with Crippen molar-refractivity contribution in [3.05, 3.63) is 35.9 Å². The van der Waals surface area contributed by atoms with Crippen molar-refractivity contribution in [1.29, 1.82) is 0 Å². The lowest BCUT2D eigenvalue weighted by molar-refractivity contribution is -0.129. The number of carbonyl (C=O) groups is 3. The molecule has 1 atom stereocenters. The van der Waals surface area contributed by atoms with Gasteiger partial charge in [-0.05, 0) is 18.4 Å². The fourth-order valence-corrected chi connectivity index (χ4v) is 3.18. The van der Waals surface area contributed by atoms with Crippen LogP contribution in [0.3, 0.4) is 0 Å². The number of piperazine rings is 1. The van der Waals surface area contributed by atoms with Gasteiger partial charge in [0.2, 0.25) is 0 Å². The zero-order chi connectivity index (χ0) is 20.2. The Bertz CT molecular complexity index is 620. The van der Waals surface area contributed by atoms with E-state index in [9.17, 15) is 14.4 Å². The topological polar surface area (TPSA) is 88.2 Å². The molecule has 8 nitrogen and oxygen atoms in total. The van der Waals surface area contributed by atoms with E-state index in [0.29, 0.717) is 19.3 Å². The highest BCUT2D eigenvalue weighted by atomic mass is 16.6. The minimum Gasteiger partial charge on any atom is -0.468 e. The van der Waals surface area contributed by atoms with E-state index >= 15 is 0 Å². The van der Waals surface area contributed by atoms with Gasteiger partial charge in [0.15, 0.2) is 5.78 Å². The average Bonchev–Trinajstić information content (AvgIpc) is 2.73. The van der Waals surface area contributed by atoms with Crippen LogP contribution in [0, 0.1) is 0 Å². The Morgan fingerprint density at radius 1 is 1.25 bits per heavy atom. The summed E-state index contributed by atoms with van der Waals surface area (Å²) in [4.78, 5) is 38.8. The van der Waals surface area contributed by atoms with Gasteiger partial charge in [-0.1, -0.05) is 30.3 Å². The first-order valence-electron chi connectivity index (χ1n) is 9.56. The first kappa shape index (κ1) is 21.8. The Morgan fingerprint density at radius 3 is 2.64 bits per heavy atom. The van der Waals surface area contributed by atoms with Crippen LogP contribution < -0.4 is 5.32 Å². The zero-order valence-corrected chi connectivity index (χ0v) is 16.3. The lowest BCUT2D eigenvalue weighted by atomic mass is 10.0. The van der Waals surface area contributed by atoms with E-state index in [1.807, 2.05) is 30.3 Å². The van der Waals surface area contributed by atoms with Crippen molar-refractivity contribution < 1.29 is 23.9 Å². The zero-order valence-electron chi connectivity index (χ0n) is 16.3. The molecule has 0 aromatic heterocycles. The molecule has 1 aliphatic heterocycles. The van der Waals surface area contributed by atoms with Gasteiger partial charge >= 0.3 is 6.09 Å². The Balaban J connectivity index is 1.86. The van der Waals surface area contributed by atoms with Crippen molar-refractivity contribution in [3.63, 3.8) is 0 Å². The molecule has 0 aliphatic carbocycles. The fourth-order valence-electron chi connectivity index (χ4n) is 3.18. The molecule has 1 aromatic carbocycles. The Kier molecular flexibility index (Phi) is 9.44. The second kappa shape index (κ2) is 12.1. The molecule has 1 amide bonds. The molecule has 1 saturated heterocycles. The molecule has 1 N–H and O–H groups in total. The number of benzene rings is 1. The second-order valence-electron chi connectivity index (χ2n) is 6.77. The minimum absolute atomic E-state index is 0.0171. The quantitative estimate of drug-likeness (QED) is 0.446. The van der Waals surface area contributed by atoms with Gasteiger partial charge in [-0.25, -0.2) is 4.79 Å². The first-order chi connectivity index (χ1) is 13.6. The Labute approximate surface area is 165 Å². The summed E-state index contributed by atoms with van der Waals surface area (Å²) in [5.41, 5.74) is 0.893. The molecule has 154 valence electrons. The number of likely N-dealkylation sites (N-methyl/N-ethyl adjacent to an activating group) is 1. The maximum absolute atomic E-state index is 12.9. The smallest absolute Gasteiger partial charge is 0.410 e. The minimum atomic E-state index is -0.527. The van der Waals surface area contributed by atoms with Crippen molar-refractivity contribution >= 4 is 18.3 Å². The number of nitrogens with zero attached hydrogens (tertiary/aromatic N) is 2. The molecule has 1 aliphatic rings. The monoisotopic (exact) mass is 391 g/mol. The highest BCUT2D eigenvalue weighted by molar-refractivity contribution is 5.88. The van der Waals surface area contributed by atoms with Crippen LogP contribution in [0.25, 0.3) is 0 Å². The van der Waals surface area contributed by atoms with Crippen LogP contribution in [-0.2, 0) is 25.7 Å². The lowest BCUT2D eigenvalue weighted by Gasteiger charge is -2.34. The maximum Gasteiger partial charge on any atom is 0.410 e. The third-order valence-corrected chi connectivity index (χ3v) is 4.68. The Morgan fingerprint density at radius 2 is 1.96 bits per heavy atom. The van der Waals surface area contributed by atoms with Gasteiger partial charge in [0.25, 0.3) is 6.47 Å². The molecule has 0 radical (unpaired) electrons. The molecule has 1 unspecified atom stereocenters. The summed E-state index contributed by atoms with van der Waals surface area (Å²) in [5.74, 6) is -0.0350. The van der Waals surface area contributed by atoms with E-state index in [1.165, 1.54) is 4.90 Å². The molecular formula is C20H29N3O5. The van der Waals surface area contributed by atoms with Crippen LogP contribution in [0.4, 0.5) is 4.79 Å². The third-order valence-electron chi connectivity index (χ3n) is 4.68. The number of nitrogens with one attached hydrogen (secondary N) is 1. The predicted molar refractivity (Wildman–Crippen MR) is 104 cm³/mol. The van der Waals surface area contributed by atoms with Crippen molar-refractivity contribution in [2.24, 2.45) is 0 Å². The van der Waals surface area contributed by atoms with E-state index in [2.05, 4.69) is 10.2 Å². The molecular weight excluding hydrogens is 362 g/mol. The standard InChI is InChI=1S/C20H29N3O5/c1-22(20(26)28-15-17-6-3-2-4-7-17)14-19(25)18(8-5-13-27-16-24)23-11-9-21-10-12-23/h2-4,6-7,16,18,21H,5,8-15H2,1H3. The number of amides is 1. The normalized spacial score (nSPS) is 15.5. The highest BCUT2D eigenvalue weighted by Gasteiger charge is 2.28. The number of hydrogen-bond donors (Lipinski definition) is 1. The van der Waals surface area contributed by atoms with Crippen LogP contribution in [-0.4, -0.2) is 80.6 Å². The lowest BCUT2D eigenvalue weighted by Crippen LogP contribution is -2.53. The Hall–Kier alpha value is -2.45. The summed E-state index contributed by atoms with van der Waals surface area (Å²) < 4.78 is 10.0. The number of Topliss-reactive ketones (excluding diaryl/α,β-unsaturated/α-hetero) is 1. The summed E-state index contributed by atoms with van der Waals surface area (Å²) in [6, 6.07) is 9.10. The largest absolute Gasteiger partial charge is 0.468 e. The summed E-state index contributed by atoms with van der Waals surface area (Å²) in [7, 11) is 1.57. The molecule has 0 spiro atoms. The number of hydrogen-bond acceptors (Lipinski definition) is 7. The van der Waals surface area contributed by atoms with E-state index in [0.717, 1.165) is 31.7 Å². The van der Waals surface area contributed by atoms with E-state index in [1.54, 1.807) is 7.05 Å². The highest BCUT2D eigenvalue weighted by Crippen LogP contribution is 2.11. The number of rotatable bonds is 11. The molecule has 28 heavy (non-hydrogen) atoms. The summed E-state index contributed by atoms with van der Waals surface area (Å²) in [6.07, 6.45) is 0.654. The number of ketones is 1. The van der Waals surface area contributed by atoms with Gasteiger partial charge in [-0.15, -0.1) is 0 Å². The summed E-state index contributed by atoms with van der Waals surface area (Å²) in [6.45, 7) is 4.04. The summed E-state index contributed by atoms with van der Waals surface area (Å²) in [5, 5.41) is 3.27. The van der Waals surface area contributed by atoms with Gasteiger partial charge in [-0.2, -0.15) is 0 Å². The third kappa shape index (κ3) is 7.28. The van der Waals surface area contributed by atoms with Crippen molar-refractivity contribution in [2.45, 2.75) is 25.5 Å².